The van der Waals surface area contributed by atoms with Gasteiger partial charge in [-0.2, -0.15) is 0 Å². The Labute approximate surface area is 163 Å². The molecule has 0 saturated heterocycles. The molecule has 2 aromatic carbocycles. The SMILES string of the molecule is CCN(CC)c1ccc(NC(=O)c2c(-c3ccccc3Cl)noc2C)cc1. The van der Waals surface area contributed by atoms with Crippen LogP contribution in [0.1, 0.15) is 30.0 Å². The van der Waals surface area contributed by atoms with Crippen molar-refractivity contribution in [2.24, 2.45) is 0 Å². The van der Waals surface area contributed by atoms with Crippen LogP contribution in [-0.4, -0.2) is 24.2 Å². The quantitative estimate of drug-likeness (QED) is 0.619. The summed E-state index contributed by atoms with van der Waals surface area (Å²) in [5.41, 5.74) is 3.32. The van der Waals surface area contributed by atoms with E-state index in [1.165, 1.54) is 0 Å². The number of halogens is 1. The average Bonchev–Trinajstić information content (AvgIpc) is 3.06. The molecular formula is C21H22ClN3O2. The van der Waals surface area contributed by atoms with Gasteiger partial charge in [-0.05, 0) is 51.1 Å². The maximum Gasteiger partial charge on any atom is 0.261 e. The second-order valence-corrected chi connectivity index (χ2v) is 6.52. The summed E-state index contributed by atoms with van der Waals surface area (Å²) < 4.78 is 5.27. The second-order valence-electron chi connectivity index (χ2n) is 6.12. The fourth-order valence-corrected chi connectivity index (χ4v) is 3.24. The summed E-state index contributed by atoms with van der Waals surface area (Å²) in [6.45, 7) is 7.81. The summed E-state index contributed by atoms with van der Waals surface area (Å²) >= 11 is 6.26. The number of nitrogens with one attached hydrogen (secondary N) is 1. The summed E-state index contributed by atoms with van der Waals surface area (Å²) in [5, 5.41) is 7.48. The second kappa shape index (κ2) is 8.27. The molecule has 0 unspecified atom stereocenters. The average molecular weight is 384 g/mol. The Bertz CT molecular complexity index is 931. The third kappa shape index (κ3) is 3.98. The van der Waals surface area contributed by atoms with E-state index in [9.17, 15) is 4.79 Å². The largest absolute Gasteiger partial charge is 0.372 e. The van der Waals surface area contributed by atoms with Crippen molar-refractivity contribution in [1.82, 2.24) is 5.16 Å². The van der Waals surface area contributed by atoms with Crippen LogP contribution in [0.15, 0.2) is 53.1 Å². The number of amides is 1. The molecule has 27 heavy (non-hydrogen) atoms. The Hall–Kier alpha value is -2.79. The first-order chi connectivity index (χ1) is 13.0. The predicted molar refractivity (Wildman–Crippen MR) is 110 cm³/mol. The van der Waals surface area contributed by atoms with Crippen molar-refractivity contribution >= 4 is 28.9 Å². The van der Waals surface area contributed by atoms with Crippen molar-refractivity contribution in [3.05, 3.63) is 64.9 Å². The fourth-order valence-electron chi connectivity index (χ4n) is 3.01. The highest BCUT2D eigenvalue weighted by atomic mass is 35.5. The first-order valence-corrected chi connectivity index (χ1v) is 9.30. The van der Waals surface area contributed by atoms with Gasteiger partial charge in [0.15, 0.2) is 0 Å². The molecular weight excluding hydrogens is 362 g/mol. The summed E-state index contributed by atoms with van der Waals surface area (Å²) in [6.07, 6.45) is 0. The Balaban J connectivity index is 1.85. The molecule has 3 aromatic rings. The van der Waals surface area contributed by atoms with Crippen LogP contribution in [0.4, 0.5) is 11.4 Å². The molecule has 0 atom stereocenters. The zero-order chi connectivity index (χ0) is 19.4. The summed E-state index contributed by atoms with van der Waals surface area (Å²) in [4.78, 5) is 15.1. The third-order valence-electron chi connectivity index (χ3n) is 4.47. The van der Waals surface area contributed by atoms with E-state index in [-0.39, 0.29) is 5.91 Å². The number of carbonyl (C=O) groups is 1. The van der Waals surface area contributed by atoms with E-state index in [1.54, 1.807) is 13.0 Å². The van der Waals surface area contributed by atoms with E-state index < -0.39 is 0 Å². The maximum atomic E-state index is 12.9. The van der Waals surface area contributed by atoms with Crippen molar-refractivity contribution in [1.29, 1.82) is 0 Å². The summed E-state index contributed by atoms with van der Waals surface area (Å²) in [5.74, 6) is 0.168. The lowest BCUT2D eigenvalue weighted by molar-refractivity contribution is 0.102. The Morgan fingerprint density at radius 2 is 1.78 bits per heavy atom. The van der Waals surface area contributed by atoms with Gasteiger partial charge in [-0.3, -0.25) is 4.79 Å². The molecule has 0 fully saturated rings. The zero-order valence-corrected chi connectivity index (χ0v) is 16.4. The minimum atomic E-state index is -0.278. The first-order valence-electron chi connectivity index (χ1n) is 8.92. The highest BCUT2D eigenvalue weighted by Gasteiger charge is 2.23. The zero-order valence-electron chi connectivity index (χ0n) is 15.6. The van der Waals surface area contributed by atoms with Crippen LogP contribution in [0.5, 0.6) is 0 Å². The van der Waals surface area contributed by atoms with E-state index in [2.05, 4.69) is 29.2 Å². The third-order valence-corrected chi connectivity index (χ3v) is 4.80. The van der Waals surface area contributed by atoms with Gasteiger partial charge in [0.2, 0.25) is 0 Å². The van der Waals surface area contributed by atoms with Crippen LogP contribution in [0.3, 0.4) is 0 Å². The summed E-state index contributed by atoms with van der Waals surface area (Å²) in [6, 6.07) is 15.0. The molecule has 1 amide bonds. The van der Waals surface area contributed by atoms with Gasteiger partial charge in [0, 0.05) is 30.0 Å². The van der Waals surface area contributed by atoms with Gasteiger partial charge in [-0.1, -0.05) is 35.0 Å². The van der Waals surface area contributed by atoms with Crippen LogP contribution in [0.25, 0.3) is 11.3 Å². The highest BCUT2D eigenvalue weighted by Crippen LogP contribution is 2.31. The molecule has 0 spiro atoms. The lowest BCUT2D eigenvalue weighted by Gasteiger charge is -2.21. The molecule has 1 N–H and O–H groups in total. The van der Waals surface area contributed by atoms with Crippen molar-refractivity contribution in [2.75, 3.05) is 23.3 Å². The van der Waals surface area contributed by atoms with Gasteiger partial charge >= 0.3 is 0 Å². The number of carbonyl (C=O) groups excluding carboxylic acids is 1. The minimum absolute atomic E-state index is 0.278. The van der Waals surface area contributed by atoms with Crippen LogP contribution in [-0.2, 0) is 0 Å². The molecule has 5 nitrogen and oxygen atoms in total. The van der Waals surface area contributed by atoms with E-state index in [4.69, 9.17) is 16.1 Å². The Kier molecular flexibility index (Phi) is 5.81. The molecule has 6 heteroatoms. The van der Waals surface area contributed by atoms with E-state index in [0.29, 0.717) is 33.3 Å². The number of hydrogen-bond donors (Lipinski definition) is 1. The van der Waals surface area contributed by atoms with E-state index >= 15 is 0 Å². The molecule has 3 rings (SSSR count). The van der Waals surface area contributed by atoms with Crippen LogP contribution < -0.4 is 10.2 Å². The molecule has 0 saturated carbocycles. The smallest absolute Gasteiger partial charge is 0.261 e. The van der Waals surface area contributed by atoms with Gasteiger partial charge in [-0.15, -0.1) is 0 Å². The van der Waals surface area contributed by atoms with Gasteiger partial charge in [-0.25, -0.2) is 0 Å². The lowest BCUT2D eigenvalue weighted by atomic mass is 10.1. The lowest BCUT2D eigenvalue weighted by Crippen LogP contribution is -2.21. The standard InChI is InChI=1S/C21H22ClN3O2/c1-4-25(5-2)16-12-10-15(11-13-16)23-21(26)19-14(3)27-24-20(19)17-8-6-7-9-18(17)22/h6-13H,4-5H2,1-3H3,(H,23,26). The highest BCUT2D eigenvalue weighted by molar-refractivity contribution is 6.33. The number of aromatic nitrogens is 1. The monoisotopic (exact) mass is 383 g/mol. The van der Waals surface area contributed by atoms with Gasteiger partial charge in [0.05, 0.1) is 5.02 Å². The molecule has 0 aliphatic carbocycles. The molecule has 1 heterocycles. The molecule has 0 radical (unpaired) electrons. The van der Waals surface area contributed by atoms with Crippen LogP contribution in [0.2, 0.25) is 5.02 Å². The normalized spacial score (nSPS) is 10.7. The van der Waals surface area contributed by atoms with Crippen molar-refractivity contribution in [2.45, 2.75) is 20.8 Å². The molecule has 0 aliphatic rings. The number of anilines is 2. The molecule has 140 valence electrons. The number of hydrogen-bond acceptors (Lipinski definition) is 4. The Morgan fingerprint density at radius 1 is 1.11 bits per heavy atom. The van der Waals surface area contributed by atoms with Crippen LogP contribution in [0, 0.1) is 6.92 Å². The topological polar surface area (TPSA) is 58.4 Å². The van der Waals surface area contributed by atoms with Crippen molar-refractivity contribution in [3.8, 4) is 11.3 Å². The number of benzene rings is 2. The summed E-state index contributed by atoms with van der Waals surface area (Å²) in [7, 11) is 0. The predicted octanol–water partition coefficient (Wildman–Crippen LogP) is 5.40. The molecule has 0 aliphatic heterocycles. The number of rotatable bonds is 6. The fraction of sp³-hybridized carbons (Fsp3) is 0.238. The first kappa shape index (κ1) is 19.0. The van der Waals surface area contributed by atoms with Gasteiger partial charge in [0.25, 0.3) is 5.91 Å². The van der Waals surface area contributed by atoms with Crippen molar-refractivity contribution in [3.63, 3.8) is 0 Å². The van der Waals surface area contributed by atoms with Gasteiger partial charge in [0.1, 0.15) is 17.0 Å². The number of aryl methyl sites for hydroxylation is 1. The van der Waals surface area contributed by atoms with E-state index in [0.717, 1.165) is 18.8 Å². The van der Waals surface area contributed by atoms with Gasteiger partial charge < -0.3 is 14.7 Å². The minimum Gasteiger partial charge on any atom is -0.372 e. The molecule has 0 bridgehead atoms. The maximum absolute atomic E-state index is 12.9. The van der Waals surface area contributed by atoms with Crippen LogP contribution >= 0.6 is 11.6 Å². The Morgan fingerprint density at radius 3 is 2.41 bits per heavy atom. The molecule has 1 aromatic heterocycles. The number of nitrogens with zero attached hydrogens (tertiary/aromatic N) is 2. The van der Waals surface area contributed by atoms with Crippen molar-refractivity contribution < 1.29 is 9.32 Å². The van der Waals surface area contributed by atoms with E-state index in [1.807, 2.05) is 42.5 Å².